The largest absolute Gasteiger partial charge is 0.497 e. The fourth-order valence-corrected chi connectivity index (χ4v) is 2.66. The van der Waals surface area contributed by atoms with Crippen LogP contribution in [0.2, 0.25) is 0 Å². The van der Waals surface area contributed by atoms with Gasteiger partial charge in [0.2, 0.25) is 5.91 Å². The van der Waals surface area contributed by atoms with E-state index in [9.17, 15) is 9.59 Å². The van der Waals surface area contributed by atoms with E-state index in [0.29, 0.717) is 22.9 Å². The summed E-state index contributed by atoms with van der Waals surface area (Å²) < 4.78 is 11.5. The molecule has 0 bridgehead atoms. The van der Waals surface area contributed by atoms with Crippen LogP contribution in [-0.4, -0.2) is 29.9 Å². The molecule has 0 saturated heterocycles. The van der Waals surface area contributed by atoms with Crippen LogP contribution in [0.1, 0.15) is 5.56 Å². The normalized spacial score (nSPS) is 10.4. The maximum absolute atomic E-state index is 12.4. The molecule has 7 nitrogen and oxygen atoms in total. The second kappa shape index (κ2) is 8.39. The van der Waals surface area contributed by atoms with Gasteiger partial charge in [-0.05, 0) is 13.0 Å². The van der Waals surface area contributed by atoms with Gasteiger partial charge in [0.15, 0.2) is 0 Å². The number of nitrogens with zero attached hydrogens (tertiary/aromatic N) is 2. The minimum atomic E-state index is -0.383. The topological polar surface area (TPSA) is 82.5 Å². The van der Waals surface area contributed by atoms with Crippen LogP contribution in [0.25, 0.3) is 11.3 Å². The van der Waals surface area contributed by atoms with E-state index in [-0.39, 0.29) is 18.0 Å². The van der Waals surface area contributed by atoms with Crippen molar-refractivity contribution in [3.05, 3.63) is 70.5 Å². The Balaban J connectivity index is 1.79. The van der Waals surface area contributed by atoms with Gasteiger partial charge in [0.25, 0.3) is 5.56 Å². The zero-order chi connectivity index (χ0) is 20.1. The number of rotatable bonds is 6. The molecule has 1 aromatic heterocycles. The molecule has 0 spiro atoms. The summed E-state index contributed by atoms with van der Waals surface area (Å²) >= 11 is 0. The van der Waals surface area contributed by atoms with Crippen LogP contribution < -0.4 is 20.3 Å². The lowest BCUT2D eigenvalue weighted by molar-refractivity contribution is -0.117. The van der Waals surface area contributed by atoms with Gasteiger partial charge in [0.1, 0.15) is 18.0 Å². The van der Waals surface area contributed by atoms with Crippen LogP contribution >= 0.6 is 0 Å². The van der Waals surface area contributed by atoms with Gasteiger partial charge in [-0.3, -0.25) is 9.59 Å². The third-order valence-electron chi connectivity index (χ3n) is 4.14. The first-order valence-electron chi connectivity index (χ1n) is 8.66. The average Bonchev–Trinajstić information content (AvgIpc) is 2.70. The van der Waals surface area contributed by atoms with Crippen LogP contribution in [0.3, 0.4) is 0 Å². The molecule has 7 heteroatoms. The van der Waals surface area contributed by atoms with Gasteiger partial charge in [-0.25, -0.2) is 4.68 Å². The summed E-state index contributed by atoms with van der Waals surface area (Å²) in [7, 11) is 3.06. The summed E-state index contributed by atoms with van der Waals surface area (Å²) in [5, 5.41) is 7.05. The van der Waals surface area contributed by atoms with E-state index in [0.717, 1.165) is 15.8 Å². The number of carbonyl (C=O) groups excluding carboxylic acids is 1. The van der Waals surface area contributed by atoms with Crippen LogP contribution in [0.5, 0.6) is 11.5 Å². The van der Waals surface area contributed by atoms with Crippen molar-refractivity contribution in [1.82, 2.24) is 9.78 Å². The number of hydrogen-bond acceptors (Lipinski definition) is 5. The van der Waals surface area contributed by atoms with E-state index in [4.69, 9.17) is 9.47 Å². The van der Waals surface area contributed by atoms with Gasteiger partial charge in [0.05, 0.1) is 19.9 Å². The number of amides is 1. The Morgan fingerprint density at radius 1 is 1.00 bits per heavy atom. The van der Waals surface area contributed by atoms with Gasteiger partial charge in [0, 0.05) is 35.5 Å². The molecule has 3 rings (SSSR count). The predicted octanol–water partition coefficient (Wildman–Crippen LogP) is 2.87. The fraction of sp³-hybridized carbons (Fsp3) is 0.190. The number of methoxy groups -OCH3 is 2. The number of carbonyl (C=O) groups is 1. The fourth-order valence-electron chi connectivity index (χ4n) is 2.66. The highest BCUT2D eigenvalue weighted by Gasteiger charge is 2.10. The van der Waals surface area contributed by atoms with E-state index in [1.165, 1.54) is 20.3 Å². The third-order valence-corrected chi connectivity index (χ3v) is 4.14. The van der Waals surface area contributed by atoms with E-state index in [1.807, 2.05) is 31.2 Å². The molecule has 0 unspecified atom stereocenters. The average molecular weight is 379 g/mol. The van der Waals surface area contributed by atoms with Gasteiger partial charge in [-0.15, -0.1) is 0 Å². The van der Waals surface area contributed by atoms with E-state index in [2.05, 4.69) is 10.4 Å². The third kappa shape index (κ3) is 4.56. The number of hydrogen-bond donors (Lipinski definition) is 1. The highest BCUT2D eigenvalue weighted by Crippen LogP contribution is 2.25. The van der Waals surface area contributed by atoms with Crippen LogP contribution in [0, 0.1) is 6.92 Å². The summed E-state index contributed by atoms with van der Waals surface area (Å²) in [5.41, 5.74) is 2.77. The molecule has 3 aromatic rings. The quantitative estimate of drug-likeness (QED) is 0.712. The van der Waals surface area contributed by atoms with Crippen molar-refractivity contribution in [2.75, 3.05) is 19.5 Å². The number of nitrogens with one attached hydrogen (secondary N) is 1. The van der Waals surface area contributed by atoms with Crippen molar-refractivity contribution in [1.29, 1.82) is 0 Å². The van der Waals surface area contributed by atoms with Crippen molar-refractivity contribution in [3.8, 4) is 22.8 Å². The first kappa shape index (κ1) is 19.2. The van der Waals surface area contributed by atoms with Gasteiger partial charge in [-0.2, -0.15) is 5.10 Å². The van der Waals surface area contributed by atoms with Gasteiger partial charge in [-0.1, -0.05) is 29.8 Å². The SMILES string of the molecule is COc1cc(NC(=O)Cn2nc(-c3ccc(C)cc3)ccc2=O)cc(OC)c1. The molecule has 0 aliphatic rings. The molecule has 2 aromatic carbocycles. The molecule has 1 amide bonds. The Kier molecular flexibility index (Phi) is 5.74. The van der Waals surface area contributed by atoms with E-state index < -0.39 is 0 Å². The first-order valence-corrected chi connectivity index (χ1v) is 8.66. The van der Waals surface area contributed by atoms with Gasteiger partial charge < -0.3 is 14.8 Å². The number of ether oxygens (including phenoxy) is 2. The van der Waals surface area contributed by atoms with Crippen molar-refractivity contribution < 1.29 is 14.3 Å². The van der Waals surface area contributed by atoms with Crippen molar-refractivity contribution in [2.24, 2.45) is 0 Å². The molecule has 28 heavy (non-hydrogen) atoms. The van der Waals surface area contributed by atoms with Crippen LogP contribution in [0.15, 0.2) is 59.4 Å². The predicted molar refractivity (Wildman–Crippen MR) is 107 cm³/mol. The standard InChI is InChI=1S/C21H21N3O4/c1-14-4-6-15(7-5-14)19-8-9-21(26)24(23-19)13-20(25)22-16-10-17(27-2)12-18(11-16)28-3/h4-12H,13H2,1-3H3,(H,22,25). The smallest absolute Gasteiger partial charge is 0.267 e. The second-order valence-corrected chi connectivity index (χ2v) is 6.23. The highest BCUT2D eigenvalue weighted by molar-refractivity contribution is 5.91. The van der Waals surface area contributed by atoms with Gasteiger partial charge >= 0.3 is 0 Å². The number of benzene rings is 2. The lowest BCUT2D eigenvalue weighted by Gasteiger charge is -2.11. The zero-order valence-electron chi connectivity index (χ0n) is 15.9. The lowest BCUT2D eigenvalue weighted by Crippen LogP contribution is -2.29. The molecule has 0 aliphatic heterocycles. The molecule has 0 atom stereocenters. The molecule has 0 saturated carbocycles. The highest BCUT2D eigenvalue weighted by atomic mass is 16.5. The molecule has 0 fully saturated rings. The summed E-state index contributed by atoms with van der Waals surface area (Å²) in [6.07, 6.45) is 0. The van der Waals surface area contributed by atoms with E-state index >= 15 is 0 Å². The summed E-state index contributed by atoms with van der Waals surface area (Å²) in [4.78, 5) is 24.6. The zero-order valence-corrected chi connectivity index (χ0v) is 15.9. The minimum Gasteiger partial charge on any atom is -0.497 e. The Morgan fingerprint density at radius 2 is 1.64 bits per heavy atom. The maximum atomic E-state index is 12.4. The van der Waals surface area contributed by atoms with E-state index in [1.54, 1.807) is 24.3 Å². The lowest BCUT2D eigenvalue weighted by atomic mass is 10.1. The van der Waals surface area contributed by atoms with Crippen molar-refractivity contribution in [2.45, 2.75) is 13.5 Å². The molecule has 1 N–H and O–H groups in total. The number of anilines is 1. The Morgan fingerprint density at radius 3 is 2.25 bits per heavy atom. The Hall–Kier alpha value is -3.61. The summed E-state index contributed by atoms with van der Waals surface area (Å²) in [6, 6.07) is 15.9. The number of aromatic nitrogens is 2. The summed E-state index contributed by atoms with van der Waals surface area (Å²) in [6.45, 7) is 1.79. The monoisotopic (exact) mass is 379 g/mol. The molecule has 144 valence electrons. The second-order valence-electron chi connectivity index (χ2n) is 6.23. The Bertz CT molecular complexity index is 1020. The first-order chi connectivity index (χ1) is 13.5. The molecule has 1 heterocycles. The molecule has 0 radical (unpaired) electrons. The number of aryl methyl sites for hydroxylation is 1. The Labute approximate surface area is 162 Å². The maximum Gasteiger partial charge on any atom is 0.267 e. The summed E-state index contributed by atoms with van der Waals surface area (Å²) in [5.74, 6) is 0.712. The van der Waals surface area contributed by atoms with Crippen molar-refractivity contribution in [3.63, 3.8) is 0 Å². The molecular formula is C21H21N3O4. The molecular weight excluding hydrogens is 358 g/mol. The van der Waals surface area contributed by atoms with Crippen LogP contribution in [-0.2, 0) is 11.3 Å². The molecule has 0 aliphatic carbocycles. The minimum absolute atomic E-state index is 0.210. The van der Waals surface area contributed by atoms with Crippen molar-refractivity contribution >= 4 is 11.6 Å². The van der Waals surface area contributed by atoms with Crippen LogP contribution in [0.4, 0.5) is 5.69 Å².